The van der Waals surface area contributed by atoms with Gasteiger partial charge in [0.25, 0.3) is 5.91 Å². The molecule has 10 nitrogen and oxygen atoms in total. The van der Waals surface area contributed by atoms with E-state index in [0.29, 0.717) is 25.3 Å². The number of allylic oxidation sites excluding steroid dienone is 1. The number of ether oxygens (including phenoxy) is 4. The fraction of sp³-hybridized carbons (Fsp3) is 0.571. The number of methoxy groups -OCH3 is 2. The number of rotatable bonds is 13. The Hall–Kier alpha value is -2.18. The minimum Gasteiger partial charge on any atom is -0.497 e. The van der Waals surface area contributed by atoms with Crippen molar-refractivity contribution in [3.8, 4) is 5.75 Å². The molecule has 1 aliphatic heterocycles. The smallest absolute Gasteiger partial charge is 0.286 e. The minimum atomic E-state index is -3.83. The van der Waals surface area contributed by atoms with Crippen LogP contribution in [0, 0.1) is 5.92 Å². The largest absolute Gasteiger partial charge is 0.497 e. The van der Waals surface area contributed by atoms with Crippen LogP contribution < -0.4 is 10.1 Å². The molecule has 2 N–H and O–H groups in total. The normalized spacial score (nSPS) is 18.7. The molecule has 0 fully saturated rings. The molecule has 0 unspecified atom stereocenters. The molecule has 0 saturated carbocycles. The maximum Gasteiger partial charge on any atom is 0.286 e. The number of carbonyl (C=O) groups excluding carboxylic acids is 1. The molecule has 0 spiro atoms. The van der Waals surface area contributed by atoms with Crippen molar-refractivity contribution in [3.05, 3.63) is 36.1 Å². The third-order valence-electron chi connectivity index (χ3n) is 4.77. The van der Waals surface area contributed by atoms with Crippen molar-refractivity contribution < 1.29 is 37.3 Å². The average Bonchev–Trinajstić information content (AvgIpc) is 2.78. The first-order valence-corrected chi connectivity index (χ1v) is 11.8. The molecule has 0 radical (unpaired) electrons. The molecule has 2 atom stereocenters. The lowest BCUT2D eigenvalue weighted by atomic mass is 10.0. The van der Waals surface area contributed by atoms with Gasteiger partial charge in [-0.1, -0.05) is 6.92 Å². The standard InChI is InChI=1S/C21H32N2O8S/c1-16-14-19(21(25)22-8-12-28-2)31-20(15-16)30-13-10-23(9-11-24)32(26,27)18-6-4-17(29-3)5-7-18/h4-7,14,16,20,24H,8-13,15H2,1-3H3,(H,22,25)/t16-,20+/m0/s1. The average molecular weight is 473 g/mol. The zero-order valence-electron chi connectivity index (χ0n) is 18.7. The first kappa shape index (κ1) is 26.1. The second-order valence-electron chi connectivity index (χ2n) is 7.21. The molecule has 2 rings (SSSR count). The molecule has 32 heavy (non-hydrogen) atoms. The Balaban J connectivity index is 1.95. The topological polar surface area (TPSA) is 124 Å². The highest BCUT2D eigenvalue weighted by atomic mass is 32.2. The maximum absolute atomic E-state index is 12.9. The number of aliphatic hydroxyl groups excluding tert-OH is 1. The Kier molecular flexibility index (Phi) is 10.4. The van der Waals surface area contributed by atoms with Crippen LogP contribution in [0.2, 0.25) is 0 Å². The Morgan fingerprint density at radius 3 is 2.56 bits per heavy atom. The zero-order chi connectivity index (χ0) is 23.6. The van der Waals surface area contributed by atoms with Crippen molar-refractivity contribution in [1.82, 2.24) is 9.62 Å². The van der Waals surface area contributed by atoms with Crippen LogP contribution in [0.4, 0.5) is 0 Å². The molecular formula is C21H32N2O8S. The Morgan fingerprint density at radius 1 is 1.22 bits per heavy atom. The lowest BCUT2D eigenvalue weighted by Crippen LogP contribution is -2.38. The van der Waals surface area contributed by atoms with E-state index in [4.69, 9.17) is 18.9 Å². The summed E-state index contributed by atoms with van der Waals surface area (Å²) in [6, 6.07) is 6.02. The van der Waals surface area contributed by atoms with Gasteiger partial charge in [-0.3, -0.25) is 4.79 Å². The first-order valence-electron chi connectivity index (χ1n) is 10.3. The maximum atomic E-state index is 12.9. The number of aliphatic hydroxyl groups is 1. The molecule has 1 aliphatic rings. The summed E-state index contributed by atoms with van der Waals surface area (Å²) >= 11 is 0. The van der Waals surface area contributed by atoms with Gasteiger partial charge in [0.2, 0.25) is 16.3 Å². The monoisotopic (exact) mass is 472 g/mol. The SMILES string of the molecule is COCCNC(=O)C1=C[C@H](C)C[C@H](OCCN(CCO)S(=O)(=O)c2ccc(OC)cc2)O1. The van der Waals surface area contributed by atoms with Gasteiger partial charge < -0.3 is 29.4 Å². The number of amides is 1. The fourth-order valence-corrected chi connectivity index (χ4v) is 4.51. The summed E-state index contributed by atoms with van der Waals surface area (Å²) in [7, 11) is -0.787. The van der Waals surface area contributed by atoms with Crippen molar-refractivity contribution >= 4 is 15.9 Å². The molecule has 0 saturated heterocycles. The molecule has 1 heterocycles. The third-order valence-corrected chi connectivity index (χ3v) is 6.68. The summed E-state index contributed by atoms with van der Waals surface area (Å²) in [5.74, 6) is 0.405. The predicted octanol–water partition coefficient (Wildman–Crippen LogP) is 0.724. The van der Waals surface area contributed by atoms with E-state index < -0.39 is 16.3 Å². The van der Waals surface area contributed by atoms with Gasteiger partial charge in [0.15, 0.2) is 5.76 Å². The van der Waals surface area contributed by atoms with Crippen LogP contribution in [0.1, 0.15) is 13.3 Å². The van der Waals surface area contributed by atoms with Crippen LogP contribution in [0.5, 0.6) is 5.75 Å². The molecule has 1 amide bonds. The van der Waals surface area contributed by atoms with E-state index in [1.54, 1.807) is 25.3 Å². The summed E-state index contributed by atoms with van der Waals surface area (Å²) in [5, 5.41) is 12.0. The molecule has 11 heteroatoms. The van der Waals surface area contributed by atoms with Crippen molar-refractivity contribution in [2.24, 2.45) is 5.92 Å². The molecule has 180 valence electrons. The number of hydrogen-bond acceptors (Lipinski definition) is 8. The Bertz CT molecular complexity index is 857. The molecule has 1 aromatic rings. The van der Waals surface area contributed by atoms with Gasteiger partial charge in [-0.05, 0) is 36.3 Å². The summed E-state index contributed by atoms with van der Waals surface area (Å²) < 4.78 is 48.4. The molecule has 0 aliphatic carbocycles. The second-order valence-corrected chi connectivity index (χ2v) is 9.15. The molecule has 1 aromatic carbocycles. The summed E-state index contributed by atoms with van der Waals surface area (Å²) in [6.07, 6.45) is 1.58. The number of nitrogens with zero attached hydrogens (tertiary/aromatic N) is 1. The van der Waals surface area contributed by atoms with Gasteiger partial charge in [0, 0.05) is 33.2 Å². The van der Waals surface area contributed by atoms with E-state index >= 15 is 0 Å². The summed E-state index contributed by atoms with van der Waals surface area (Å²) in [5.41, 5.74) is 0. The fourth-order valence-electron chi connectivity index (χ4n) is 3.09. The number of carbonyl (C=O) groups is 1. The van der Waals surface area contributed by atoms with Crippen LogP contribution in [0.25, 0.3) is 0 Å². The third kappa shape index (κ3) is 7.45. The van der Waals surface area contributed by atoms with Gasteiger partial charge in [-0.2, -0.15) is 4.31 Å². The molecule has 0 bridgehead atoms. The van der Waals surface area contributed by atoms with Crippen molar-refractivity contribution in [2.45, 2.75) is 24.5 Å². The highest BCUT2D eigenvalue weighted by Crippen LogP contribution is 2.23. The number of hydrogen-bond donors (Lipinski definition) is 2. The van der Waals surface area contributed by atoms with E-state index in [-0.39, 0.29) is 48.8 Å². The van der Waals surface area contributed by atoms with Crippen molar-refractivity contribution in [3.63, 3.8) is 0 Å². The van der Waals surface area contributed by atoms with Crippen LogP contribution in [-0.4, -0.2) is 83.7 Å². The number of sulfonamides is 1. The van der Waals surface area contributed by atoms with E-state index in [0.717, 1.165) is 4.31 Å². The number of benzene rings is 1. The van der Waals surface area contributed by atoms with E-state index in [1.807, 2.05) is 6.92 Å². The van der Waals surface area contributed by atoms with Gasteiger partial charge >= 0.3 is 0 Å². The summed E-state index contributed by atoms with van der Waals surface area (Å²) in [4.78, 5) is 12.3. The van der Waals surface area contributed by atoms with Gasteiger partial charge in [0.1, 0.15) is 5.75 Å². The van der Waals surface area contributed by atoms with Crippen molar-refractivity contribution in [2.75, 3.05) is 53.7 Å². The predicted molar refractivity (Wildman–Crippen MR) is 116 cm³/mol. The van der Waals surface area contributed by atoms with Crippen LogP contribution in [0.3, 0.4) is 0 Å². The lowest BCUT2D eigenvalue weighted by Gasteiger charge is -2.28. The van der Waals surface area contributed by atoms with E-state index in [9.17, 15) is 18.3 Å². The van der Waals surface area contributed by atoms with Gasteiger partial charge in [0.05, 0.1) is 31.8 Å². The minimum absolute atomic E-state index is 0.0161. The quantitative estimate of drug-likeness (QED) is 0.403. The Labute approximate surface area is 189 Å². The van der Waals surface area contributed by atoms with Crippen LogP contribution >= 0.6 is 0 Å². The molecular weight excluding hydrogens is 440 g/mol. The van der Waals surface area contributed by atoms with Gasteiger partial charge in [-0.25, -0.2) is 8.42 Å². The van der Waals surface area contributed by atoms with Gasteiger partial charge in [-0.15, -0.1) is 0 Å². The summed E-state index contributed by atoms with van der Waals surface area (Å²) in [6.45, 7) is 2.32. The second kappa shape index (κ2) is 12.8. The van der Waals surface area contributed by atoms with E-state index in [1.165, 1.54) is 19.2 Å². The Morgan fingerprint density at radius 2 is 1.94 bits per heavy atom. The van der Waals surface area contributed by atoms with Crippen LogP contribution in [-0.2, 0) is 29.0 Å². The highest BCUT2D eigenvalue weighted by Gasteiger charge is 2.27. The lowest BCUT2D eigenvalue weighted by molar-refractivity contribution is -0.148. The van der Waals surface area contributed by atoms with Crippen LogP contribution in [0.15, 0.2) is 41.0 Å². The highest BCUT2D eigenvalue weighted by molar-refractivity contribution is 7.89. The molecule has 0 aromatic heterocycles. The van der Waals surface area contributed by atoms with E-state index in [2.05, 4.69) is 5.32 Å². The first-order chi connectivity index (χ1) is 15.3. The zero-order valence-corrected chi connectivity index (χ0v) is 19.5. The number of nitrogens with one attached hydrogen (secondary N) is 1. The van der Waals surface area contributed by atoms with Crippen molar-refractivity contribution in [1.29, 1.82) is 0 Å².